The number of hydrogen-bond acceptors (Lipinski definition) is 2. The van der Waals surface area contributed by atoms with Gasteiger partial charge in [0.15, 0.2) is 0 Å². The first-order valence-electron chi connectivity index (χ1n) is 5.43. The Labute approximate surface area is 113 Å². The van der Waals surface area contributed by atoms with Crippen LogP contribution in [0.3, 0.4) is 0 Å². The van der Waals surface area contributed by atoms with Gasteiger partial charge in [-0.2, -0.15) is 13.2 Å². The molecule has 0 aliphatic rings. The molecule has 2 N–H and O–H groups in total. The Kier molecular flexibility index (Phi) is 3.78. The lowest BCUT2D eigenvalue weighted by atomic mass is 9.98. The normalized spacial score (nSPS) is 13.3. The summed E-state index contributed by atoms with van der Waals surface area (Å²) in [6.45, 7) is 0. The molecule has 0 fully saturated rings. The van der Waals surface area contributed by atoms with Crippen LogP contribution in [0.5, 0.6) is 0 Å². The van der Waals surface area contributed by atoms with E-state index >= 15 is 0 Å². The Hall–Kier alpha value is -1.59. The maximum absolute atomic E-state index is 12.9. The van der Waals surface area contributed by atoms with Crippen LogP contribution in [-0.4, -0.2) is 4.98 Å². The molecule has 0 aliphatic heterocycles. The molecule has 2 rings (SSSR count). The number of nitrogens with two attached hydrogens (primary N) is 1. The Morgan fingerprint density at radius 3 is 2.37 bits per heavy atom. The van der Waals surface area contributed by atoms with Crippen molar-refractivity contribution in [2.24, 2.45) is 5.73 Å². The number of alkyl halides is 3. The highest BCUT2D eigenvalue weighted by atomic mass is 35.5. The number of nitrogens with zero attached hydrogens (tertiary/aromatic N) is 1. The summed E-state index contributed by atoms with van der Waals surface area (Å²) in [5, 5.41) is 0.403. The third-order valence-corrected chi connectivity index (χ3v) is 2.89. The van der Waals surface area contributed by atoms with Crippen LogP contribution in [0.25, 0.3) is 0 Å². The number of pyridine rings is 1. The van der Waals surface area contributed by atoms with E-state index in [2.05, 4.69) is 4.98 Å². The van der Waals surface area contributed by atoms with Gasteiger partial charge in [0.1, 0.15) is 0 Å². The molecule has 1 unspecified atom stereocenters. The SMILES string of the molecule is NC(c1ccc(Cl)cn1)c1ccccc1C(F)(F)F. The summed E-state index contributed by atoms with van der Waals surface area (Å²) in [6, 6.07) is 7.30. The molecule has 0 saturated heterocycles. The first kappa shape index (κ1) is 13.8. The molecule has 1 aromatic carbocycles. The molecule has 1 heterocycles. The maximum atomic E-state index is 12.9. The van der Waals surface area contributed by atoms with E-state index < -0.39 is 17.8 Å². The van der Waals surface area contributed by atoms with E-state index in [4.69, 9.17) is 17.3 Å². The third-order valence-electron chi connectivity index (χ3n) is 2.67. The summed E-state index contributed by atoms with van der Waals surface area (Å²) >= 11 is 5.68. The van der Waals surface area contributed by atoms with Crippen molar-refractivity contribution in [1.29, 1.82) is 0 Å². The highest BCUT2D eigenvalue weighted by molar-refractivity contribution is 6.30. The predicted molar refractivity (Wildman–Crippen MR) is 66.7 cm³/mol. The lowest BCUT2D eigenvalue weighted by Gasteiger charge is -2.17. The fourth-order valence-electron chi connectivity index (χ4n) is 1.76. The van der Waals surface area contributed by atoms with E-state index in [0.29, 0.717) is 10.7 Å². The molecule has 2 nitrogen and oxygen atoms in total. The largest absolute Gasteiger partial charge is 0.416 e. The summed E-state index contributed by atoms with van der Waals surface area (Å²) in [7, 11) is 0. The average molecular weight is 287 g/mol. The van der Waals surface area contributed by atoms with Crippen molar-refractivity contribution in [3.05, 3.63) is 64.4 Å². The van der Waals surface area contributed by atoms with Gasteiger partial charge < -0.3 is 5.73 Å². The summed E-state index contributed by atoms with van der Waals surface area (Å²) in [5.74, 6) is 0. The third kappa shape index (κ3) is 3.05. The molecule has 2 aromatic rings. The molecular weight excluding hydrogens is 277 g/mol. The topological polar surface area (TPSA) is 38.9 Å². The molecule has 1 aromatic heterocycles. The number of hydrogen-bond donors (Lipinski definition) is 1. The zero-order chi connectivity index (χ0) is 14.0. The van der Waals surface area contributed by atoms with Gasteiger partial charge in [0.05, 0.1) is 22.3 Å². The minimum atomic E-state index is -4.44. The highest BCUT2D eigenvalue weighted by Crippen LogP contribution is 2.35. The zero-order valence-corrected chi connectivity index (χ0v) is 10.4. The summed E-state index contributed by atoms with van der Waals surface area (Å²) in [4.78, 5) is 3.95. The molecule has 0 amide bonds. The summed E-state index contributed by atoms with van der Waals surface area (Å²) < 4.78 is 38.7. The van der Waals surface area contributed by atoms with Crippen molar-refractivity contribution in [3.8, 4) is 0 Å². The maximum Gasteiger partial charge on any atom is 0.416 e. The Balaban J connectivity index is 2.44. The molecule has 0 aliphatic carbocycles. The van der Waals surface area contributed by atoms with Crippen molar-refractivity contribution >= 4 is 11.6 Å². The first-order valence-corrected chi connectivity index (χ1v) is 5.80. The molecule has 100 valence electrons. The van der Waals surface area contributed by atoms with Crippen LogP contribution in [0.15, 0.2) is 42.6 Å². The van der Waals surface area contributed by atoms with Crippen LogP contribution >= 0.6 is 11.6 Å². The number of halogens is 4. The van der Waals surface area contributed by atoms with Crippen LogP contribution in [0.1, 0.15) is 22.9 Å². The van der Waals surface area contributed by atoms with Gasteiger partial charge in [0, 0.05) is 6.20 Å². The lowest BCUT2D eigenvalue weighted by molar-refractivity contribution is -0.138. The predicted octanol–water partition coefficient (Wildman–Crippen LogP) is 3.80. The standard InChI is InChI=1S/C13H10ClF3N2/c14-8-5-6-11(19-7-8)12(18)9-3-1-2-4-10(9)13(15,16)17/h1-7,12H,18H2. The fraction of sp³-hybridized carbons (Fsp3) is 0.154. The molecule has 6 heteroatoms. The minimum Gasteiger partial charge on any atom is -0.319 e. The average Bonchev–Trinajstić information content (AvgIpc) is 2.38. The Bertz CT molecular complexity index is 567. The van der Waals surface area contributed by atoms with Gasteiger partial charge in [-0.05, 0) is 23.8 Å². The Morgan fingerprint density at radius 1 is 1.11 bits per heavy atom. The van der Waals surface area contributed by atoms with Gasteiger partial charge in [0.2, 0.25) is 0 Å². The quantitative estimate of drug-likeness (QED) is 0.912. The van der Waals surface area contributed by atoms with Gasteiger partial charge in [-0.3, -0.25) is 4.98 Å². The monoisotopic (exact) mass is 286 g/mol. The van der Waals surface area contributed by atoms with Gasteiger partial charge >= 0.3 is 6.18 Å². The molecular formula is C13H10ClF3N2. The van der Waals surface area contributed by atoms with Crippen molar-refractivity contribution in [2.45, 2.75) is 12.2 Å². The second-order valence-electron chi connectivity index (χ2n) is 3.96. The van der Waals surface area contributed by atoms with E-state index in [1.807, 2.05) is 0 Å². The molecule has 0 bridgehead atoms. The fourth-order valence-corrected chi connectivity index (χ4v) is 1.87. The van der Waals surface area contributed by atoms with Gasteiger partial charge in [0.25, 0.3) is 0 Å². The summed E-state index contributed by atoms with van der Waals surface area (Å²) in [5.41, 5.74) is 5.43. The number of aromatic nitrogens is 1. The number of rotatable bonds is 2. The second kappa shape index (κ2) is 5.19. The first-order chi connectivity index (χ1) is 8.89. The van der Waals surface area contributed by atoms with Crippen molar-refractivity contribution in [2.75, 3.05) is 0 Å². The second-order valence-corrected chi connectivity index (χ2v) is 4.40. The van der Waals surface area contributed by atoms with Gasteiger partial charge in [-0.25, -0.2) is 0 Å². The van der Waals surface area contributed by atoms with Crippen LogP contribution < -0.4 is 5.73 Å². The molecule has 0 radical (unpaired) electrons. The van der Waals surface area contributed by atoms with E-state index in [1.165, 1.54) is 30.5 Å². The number of benzene rings is 1. The molecule has 1 atom stereocenters. The smallest absolute Gasteiger partial charge is 0.319 e. The Morgan fingerprint density at radius 2 is 1.79 bits per heavy atom. The van der Waals surface area contributed by atoms with Crippen LogP contribution in [0.2, 0.25) is 5.02 Å². The van der Waals surface area contributed by atoms with E-state index in [0.717, 1.165) is 6.07 Å². The van der Waals surface area contributed by atoms with Crippen molar-refractivity contribution < 1.29 is 13.2 Å². The molecule has 0 saturated carbocycles. The van der Waals surface area contributed by atoms with Gasteiger partial charge in [-0.15, -0.1) is 0 Å². The van der Waals surface area contributed by atoms with Crippen LogP contribution in [0, 0.1) is 0 Å². The summed E-state index contributed by atoms with van der Waals surface area (Å²) in [6.07, 6.45) is -3.09. The minimum absolute atomic E-state index is 0.00942. The van der Waals surface area contributed by atoms with E-state index in [-0.39, 0.29) is 5.56 Å². The van der Waals surface area contributed by atoms with Crippen molar-refractivity contribution in [3.63, 3.8) is 0 Å². The lowest BCUT2D eigenvalue weighted by Crippen LogP contribution is -2.19. The van der Waals surface area contributed by atoms with E-state index in [1.54, 1.807) is 6.07 Å². The highest BCUT2D eigenvalue weighted by Gasteiger charge is 2.34. The van der Waals surface area contributed by atoms with Crippen LogP contribution in [0.4, 0.5) is 13.2 Å². The molecule has 0 spiro atoms. The zero-order valence-electron chi connectivity index (χ0n) is 9.66. The molecule has 19 heavy (non-hydrogen) atoms. The van der Waals surface area contributed by atoms with Crippen LogP contribution in [-0.2, 0) is 6.18 Å². The van der Waals surface area contributed by atoms with Crippen molar-refractivity contribution in [1.82, 2.24) is 4.98 Å². The van der Waals surface area contributed by atoms with E-state index in [9.17, 15) is 13.2 Å². The van der Waals surface area contributed by atoms with Gasteiger partial charge in [-0.1, -0.05) is 29.8 Å².